The molecule has 0 aromatic heterocycles. The molecule has 0 spiro atoms. The zero-order chi connectivity index (χ0) is 13.1. The minimum Gasteiger partial charge on any atom is -0.375 e. The van der Waals surface area contributed by atoms with Gasteiger partial charge in [-0.3, -0.25) is 4.79 Å². The Kier molecular flexibility index (Phi) is 3.99. The standard InChI is InChI=1S/C14H20N2O2/c1-10-4-6-12(7-5-10)16(3)14(17)13-11(2)18-9-8-15-13/h4-7,11,13,15H,8-9H2,1-3H3/t11-,13+/m1/s1. The van der Waals surface area contributed by atoms with Crippen LogP contribution in [-0.2, 0) is 9.53 Å². The highest BCUT2D eigenvalue weighted by Crippen LogP contribution is 2.16. The molecule has 2 atom stereocenters. The molecule has 2 rings (SSSR count). The Hall–Kier alpha value is -1.39. The number of nitrogens with one attached hydrogen (secondary N) is 1. The van der Waals surface area contributed by atoms with Gasteiger partial charge in [0.1, 0.15) is 6.04 Å². The zero-order valence-corrected chi connectivity index (χ0v) is 11.1. The molecule has 1 aliphatic heterocycles. The normalized spacial score (nSPS) is 23.7. The van der Waals surface area contributed by atoms with Gasteiger partial charge in [0.2, 0.25) is 5.91 Å². The summed E-state index contributed by atoms with van der Waals surface area (Å²) < 4.78 is 5.51. The summed E-state index contributed by atoms with van der Waals surface area (Å²) in [5, 5.41) is 3.21. The lowest BCUT2D eigenvalue weighted by atomic mass is 10.1. The first-order valence-electron chi connectivity index (χ1n) is 6.29. The number of anilines is 1. The predicted octanol–water partition coefficient (Wildman–Crippen LogP) is 1.33. The minimum atomic E-state index is -0.259. The van der Waals surface area contributed by atoms with Crippen LogP contribution >= 0.6 is 0 Å². The van der Waals surface area contributed by atoms with Gasteiger partial charge in [-0.1, -0.05) is 17.7 Å². The van der Waals surface area contributed by atoms with Gasteiger partial charge in [-0.15, -0.1) is 0 Å². The number of rotatable bonds is 2. The van der Waals surface area contributed by atoms with E-state index in [0.29, 0.717) is 6.61 Å². The topological polar surface area (TPSA) is 41.6 Å². The molecule has 1 aromatic rings. The maximum Gasteiger partial charge on any atom is 0.246 e. The number of carbonyl (C=O) groups is 1. The van der Waals surface area contributed by atoms with E-state index < -0.39 is 0 Å². The zero-order valence-electron chi connectivity index (χ0n) is 11.1. The molecule has 98 valence electrons. The van der Waals surface area contributed by atoms with E-state index in [1.807, 2.05) is 38.1 Å². The van der Waals surface area contributed by atoms with Gasteiger partial charge < -0.3 is 15.0 Å². The molecule has 1 aromatic carbocycles. The van der Waals surface area contributed by atoms with Gasteiger partial charge in [-0.25, -0.2) is 0 Å². The molecule has 0 radical (unpaired) electrons. The average Bonchev–Trinajstić information content (AvgIpc) is 2.38. The van der Waals surface area contributed by atoms with Gasteiger partial charge in [-0.05, 0) is 26.0 Å². The van der Waals surface area contributed by atoms with Crippen molar-refractivity contribution >= 4 is 11.6 Å². The molecule has 1 fully saturated rings. The summed E-state index contributed by atoms with van der Waals surface area (Å²) >= 11 is 0. The molecule has 0 bridgehead atoms. The van der Waals surface area contributed by atoms with E-state index in [9.17, 15) is 4.79 Å². The third-order valence-electron chi connectivity index (χ3n) is 3.33. The van der Waals surface area contributed by atoms with E-state index in [4.69, 9.17) is 4.74 Å². The van der Waals surface area contributed by atoms with E-state index in [-0.39, 0.29) is 18.1 Å². The van der Waals surface area contributed by atoms with Crippen LogP contribution in [0.5, 0.6) is 0 Å². The average molecular weight is 248 g/mol. The van der Waals surface area contributed by atoms with E-state index in [2.05, 4.69) is 5.32 Å². The van der Waals surface area contributed by atoms with Crippen molar-refractivity contribution in [1.82, 2.24) is 5.32 Å². The van der Waals surface area contributed by atoms with Crippen LogP contribution in [0.1, 0.15) is 12.5 Å². The van der Waals surface area contributed by atoms with Gasteiger partial charge in [0.25, 0.3) is 0 Å². The molecule has 4 nitrogen and oxygen atoms in total. The van der Waals surface area contributed by atoms with Crippen LogP contribution in [0, 0.1) is 6.92 Å². The number of amides is 1. The van der Waals surface area contributed by atoms with Crippen molar-refractivity contribution in [2.75, 3.05) is 25.1 Å². The largest absolute Gasteiger partial charge is 0.375 e. The number of aryl methyl sites for hydroxylation is 1. The first-order valence-corrected chi connectivity index (χ1v) is 6.29. The fourth-order valence-electron chi connectivity index (χ4n) is 2.11. The fourth-order valence-corrected chi connectivity index (χ4v) is 2.11. The Morgan fingerprint density at radius 3 is 2.67 bits per heavy atom. The lowest BCUT2D eigenvalue weighted by molar-refractivity contribution is -0.126. The maximum atomic E-state index is 12.4. The predicted molar refractivity (Wildman–Crippen MR) is 71.8 cm³/mol. The smallest absolute Gasteiger partial charge is 0.246 e. The van der Waals surface area contributed by atoms with Crippen LogP contribution in [-0.4, -0.2) is 38.3 Å². The second-order valence-corrected chi connectivity index (χ2v) is 4.74. The molecule has 1 amide bonds. The number of nitrogens with zero attached hydrogens (tertiary/aromatic N) is 1. The van der Waals surface area contributed by atoms with Crippen LogP contribution in [0.25, 0.3) is 0 Å². The van der Waals surface area contributed by atoms with Gasteiger partial charge in [0.05, 0.1) is 12.7 Å². The molecule has 4 heteroatoms. The Labute approximate surface area is 108 Å². The molecule has 1 saturated heterocycles. The number of hydrogen-bond donors (Lipinski definition) is 1. The molecule has 1 N–H and O–H groups in total. The number of hydrogen-bond acceptors (Lipinski definition) is 3. The lowest BCUT2D eigenvalue weighted by Gasteiger charge is -2.32. The number of likely N-dealkylation sites (N-methyl/N-ethyl adjacent to an activating group) is 1. The molecular weight excluding hydrogens is 228 g/mol. The van der Waals surface area contributed by atoms with E-state index >= 15 is 0 Å². The van der Waals surface area contributed by atoms with E-state index in [1.165, 1.54) is 5.56 Å². The summed E-state index contributed by atoms with van der Waals surface area (Å²) in [4.78, 5) is 14.1. The molecule has 0 aliphatic carbocycles. The summed E-state index contributed by atoms with van der Waals surface area (Å²) in [6.45, 7) is 5.35. The summed E-state index contributed by atoms with van der Waals surface area (Å²) in [5.74, 6) is 0.0473. The van der Waals surface area contributed by atoms with Crippen LogP contribution in [0.2, 0.25) is 0 Å². The van der Waals surface area contributed by atoms with Crippen molar-refractivity contribution in [2.24, 2.45) is 0 Å². The van der Waals surface area contributed by atoms with Crippen molar-refractivity contribution in [1.29, 1.82) is 0 Å². The summed E-state index contributed by atoms with van der Waals surface area (Å²) in [6, 6.07) is 7.68. The molecule has 0 unspecified atom stereocenters. The second kappa shape index (κ2) is 5.50. The number of morpholine rings is 1. The van der Waals surface area contributed by atoms with Crippen molar-refractivity contribution < 1.29 is 9.53 Å². The summed E-state index contributed by atoms with van der Waals surface area (Å²) in [6.07, 6.45) is -0.0841. The number of ether oxygens (including phenoxy) is 1. The van der Waals surface area contributed by atoms with Crippen LogP contribution < -0.4 is 10.2 Å². The van der Waals surface area contributed by atoms with Gasteiger partial charge >= 0.3 is 0 Å². The molecular formula is C14H20N2O2. The molecule has 1 heterocycles. The third-order valence-corrected chi connectivity index (χ3v) is 3.33. The summed E-state index contributed by atoms with van der Waals surface area (Å²) in [5.41, 5.74) is 2.09. The van der Waals surface area contributed by atoms with Crippen LogP contribution in [0.4, 0.5) is 5.69 Å². The van der Waals surface area contributed by atoms with E-state index in [1.54, 1.807) is 11.9 Å². The van der Waals surface area contributed by atoms with Crippen molar-refractivity contribution in [3.8, 4) is 0 Å². The number of benzene rings is 1. The highest BCUT2D eigenvalue weighted by Gasteiger charge is 2.30. The Balaban J connectivity index is 2.10. The Morgan fingerprint density at radius 2 is 2.06 bits per heavy atom. The van der Waals surface area contributed by atoms with E-state index in [0.717, 1.165) is 12.2 Å². The van der Waals surface area contributed by atoms with Crippen LogP contribution in [0.3, 0.4) is 0 Å². The van der Waals surface area contributed by atoms with Gasteiger partial charge in [0.15, 0.2) is 0 Å². The first kappa shape index (κ1) is 13.1. The van der Waals surface area contributed by atoms with Crippen LogP contribution in [0.15, 0.2) is 24.3 Å². The quantitative estimate of drug-likeness (QED) is 0.858. The second-order valence-electron chi connectivity index (χ2n) is 4.74. The van der Waals surface area contributed by atoms with Crippen molar-refractivity contribution in [2.45, 2.75) is 26.0 Å². The lowest BCUT2D eigenvalue weighted by Crippen LogP contribution is -2.55. The van der Waals surface area contributed by atoms with Crippen molar-refractivity contribution in [3.63, 3.8) is 0 Å². The molecule has 1 aliphatic rings. The van der Waals surface area contributed by atoms with Gasteiger partial charge in [-0.2, -0.15) is 0 Å². The summed E-state index contributed by atoms with van der Waals surface area (Å²) in [7, 11) is 1.80. The minimum absolute atomic E-state index is 0.0473. The van der Waals surface area contributed by atoms with Crippen molar-refractivity contribution in [3.05, 3.63) is 29.8 Å². The fraction of sp³-hybridized carbons (Fsp3) is 0.500. The third kappa shape index (κ3) is 2.71. The maximum absolute atomic E-state index is 12.4. The Morgan fingerprint density at radius 1 is 1.39 bits per heavy atom. The first-order chi connectivity index (χ1) is 8.59. The monoisotopic (exact) mass is 248 g/mol. The molecule has 0 saturated carbocycles. The highest BCUT2D eigenvalue weighted by atomic mass is 16.5. The SMILES string of the molecule is Cc1ccc(N(C)C(=O)[C@H]2NCCO[C@@H]2C)cc1. The Bertz CT molecular complexity index is 416. The molecule has 18 heavy (non-hydrogen) atoms. The number of carbonyl (C=O) groups excluding carboxylic acids is 1. The highest BCUT2D eigenvalue weighted by molar-refractivity contribution is 5.97. The van der Waals surface area contributed by atoms with Gasteiger partial charge in [0, 0.05) is 19.3 Å².